The van der Waals surface area contributed by atoms with E-state index in [1.807, 2.05) is 0 Å². The fourth-order valence-corrected chi connectivity index (χ4v) is 4.67. The van der Waals surface area contributed by atoms with Crippen LogP contribution in [0.3, 0.4) is 0 Å². The molecule has 1 N–H and O–H groups in total. The number of hydrogen-bond acceptors (Lipinski definition) is 3. The summed E-state index contributed by atoms with van der Waals surface area (Å²) in [6, 6.07) is 0. The van der Waals surface area contributed by atoms with Crippen molar-refractivity contribution in [3.63, 3.8) is 0 Å². The van der Waals surface area contributed by atoms with Crippen molar-refractivity contribution in [2.75, 3.05) is 0 Å². The van der Waals surface area contributed by atoms with Gasteiger partial charge >= 0.3 is 11.9 Å². The zero-order chi connectivity index (χ0) is 30.8. The molecule has 0 aliphatic heterocycles. The lowest BCUT2D eigenvalue weighted by molar-refractivity contribution is -0.147. The summed E-state index contributed by atoms with van der Waals surface area (Å²) in [5.74, 6) is -0.789. The minimum absolute atomic E-state index is 0.0794. The molecule has 0 aliphatic rings. The summed E-state index contributed by atoms with van der Waals surface area (Å²) in [7, 11) is 0. The molecule has 0 saturated heterocycles. The number of carbonyl (C=O) groups excluding carboxylic acids is 1. The van der Waals surface area contributed by atoms with Crippen LogP contribution in [0.2, 0.25) is 0 Å². The number of esters is 1. The molecule has 0 radical (unpaired) electrons. The van der Waals surface area contributed by atoms with Gasteiger partial charge in [-0.15, -0.1) is 0 Å². The van der Waals surface area contributed by atoms with Crippen LogP contribution in [0, 0.1) is 0 Å². The SMILES string of the molecule is CC/C=C\C/C=C\C/C=C\C(CCCCCCCCC(=O)O)OC(=O)CCCCCCC/C=C\C/C=C\CCCCC. The number of hydrogen-bond donors (Lipinski definition) is 1. The maximum atomic E-state index is 12.5. The average molecular weight is 585 g/mol. The summed E-state index contributed by atoms with van der Waals surface area (Å²) < 4.78 is 5.86. The Kier molecular flexibility index (Phi) is 31.3. The van der Waals surface area contributed by atoms with Gasteiger partial charge in [0.1, 0.15) is 6.10 Å². The van der Waals surface area contributed by atoms with Crippen LogP contribution in [-0.2, 0) is 14.3 Å². The number of carboxylic acids is 1. The second-order valence-electron chi connectivity index (χ2n) is 11.3. The molecule has 42 heavy (non-hydrogen) atoms. The smallest absolute Gasteiger partial charge is 0.306 e. The normalized spacial score (nSPS) is 13.0. The summed E-state index contributed by atoms with van der Waals surface area (Å²) >= 11 is 0. The summed E-state index contributed by atoms with van der Waals surface area (Å²) in [5, 5.41) is 8.75. The third-order valence-electron chi connectivity index (χ3n) is 7.21. The summed E-state index contributed by atoms with van der Waals surface area (Å²) in [5.41, 5.74) is 0. The first-order chi connectivity index (χ1) is 20.6. The highest BCUT2D eigenvalue weighted by Crippen LogP contribution is 2.15. The number of carboxylic acid groups (broad SMARTS) is 1. The molecule has 1 unspecified atom stereocenters. The van der Waals surface area contributed by atoms with Crippen LogP contribution >= 0.6 is 0 Å². The number of allylic oxidation sites excluding steroid dienone is 9. The van der Waals surface area contributed by atoms with Crippen molar-refractivity contribution in [1.29, 1.82) is 0 Å². The predicted molar refractivity (Wildman–Crippen MR) is 181 cm³/mol. The molecule has 4 heteroatoms. The molecule has 1 atom stereocenters. The fourth-order valence-electron chi connectivity index (χ4n) is 4.67. The lowest BCUT2D eigenvalue weighted by Crippen LogP contribution is -2.16. The first kappa shape index (κ1) is 39.6. The summed E-state index contributed by atoms with van der Waals surface area (Å²) in [4.78, 5) is 23.2. The lowest BCUT2D eigenvalue weighted by Gasteiger charge is -2.14. The molecule has 0 bridgehead atoms. The van der Waals surface area contributed by atoms with Crippen molar-refractivity contribution in [1.82, 2.24) is 0 Å². The van der Waals surface area contributed by atoms with Crippen molar-refractivity contribution in [3.05, 3.63) is 60.8 Å². The van der Waals surface area contributed by atoms with Crippen LogP contribution < -0.4 is 0 Å². The van der Waals surface area contributed by atoms with Crippen LogP contribution in [0.4, 0.5) is 0 Å². The van der Waals surface area contributed by atoms with E-state index in [0.29, 0.717) is 6.42 Å². The van der Waals surface area contributed by atoms with Gasteiger partial charge in [0.15, 0.2) is 0 Å². The van der Waals surface area contributed by atoms with Crippen LogP contribution in [0.1, 0.15) is 162 Å². The predicted octanol–water partition coefficient (Wildman–Crippen LogP) is 11.8. The highest BCUT2D eigenvalue weighted by Gasteiger charge is 2.11. The average Bonchev–Trinajstić information content (AvgIpc) is 2.97. The Hall–Kier alpha value is -2.36. The van der Waals surface area contributed by atoms with Crippen LogP contribution in [0.15, 0.2) is 60.8 Å². The Morgan fingerprint density at radius 2 is 1.07 bits per heavy atom. The van der Waals surface area contributed by atoms with E-state index in [4.69, 9.17) is 9.84 Å². The Labute approximate surface area is 259 Å². The van der Waals surface area contributed by atoms with Gasteiger partial charge in [0.2, 0.25) is 0 Å². The molecule has 0 rings (SSSR count). The van der Waals surface area contributed by atoms with Gasteiger partial charge in [0.05, 0.1) is 0 Å². The maximum absolute atomic E-state index is 12.5. The molecule has 240 valence electrons. The Balaban J connectivity index is 4.17. The van der Waals surface area contributed by atoms with Gasteiger partial charge in [-0.25, -0.2) is 0 Å². The molecule has 0 fully saturated rings. The Morgan fingerprint density at radius 1 is 0.571 bits per heavy atom. The molecular weight excluding hydrogens is 520 g/mol. The molecule has 0 amide bonds. The third kappa shape index (κ3) is 32.2. The second-order valence-corrected chi connectivity index (χ2v) is 11.3. The minimum Gasteiger partial charge on any atom is -0.481 e. The number of unbranched alkanes of at least 4 members (excludes halogenated alkanes) is 13. The van der Waals surface area contributed by atoms with Crippen molar-refractivity contribution >= 4 is 11.9 Å². The van der Waals surface area contributed by atoms with Crippen LogP contribution in [-0.4, -0.2) is 23.1 Å². The van der Waals surface area contributed by atoms with Gasteiger partial charge in [-0.1, -0.05) is 126 Å². The van der Waals surface area contributed by atoms with Crippen molar-refractivity contribution < 1.29 is 19.4 Å². The Bertz CT molecular complexity index is 759. The van der Waals surface area contributed by atoms with E-state index in [9.17, 15) is 9.59 Å². The summed E-state index contributed by atoms with van der Waals surface area (Å²) in [6.45, 7) is 4.38. The van der Waals surface area contributed by atoms with Gasteiger partial charge in [0.25, 0.3) is 0 Å². The molecular formula is C38H64O4. The molecule has 0 spiro atoms. The van der Waals surface area contributed by atoms with Crippen molar-refractivity contribution in [3.8, 4) is 0 Å². The van der Waals surface area contributed by atoms with Gasteiger partial charge in [-0.2, -0.15) is 0 Å². The van der Waals surface area contributed by atoms with E-state index >= 15 is 0 Å². The van der Waals surface area contributed by atoms with Crippen molar-refractivity contribution in [2.24, 2.45) is 0 Å². The first-order valence-corrected chi connectivity index (χ1v) is 17.3. The zero-order valence-electron chi connectivity index (χ0n) is 27.3. The molecule has 0 heterocycles. The van der Waals surface area contributed by atoms with E-state index in [-0.39, 0.29) is 18.5 Å². The first-order valence-electron chi connectivity index (χ1n) is 17.3. The molecule has 0 aromatic carbocycles. The van der Waals surface area contributed by atoms with E-state index in [1.165, 1.54) is 44.9 Å². The van der Waals surface area contributed by atoms with E-state index in [2.05, 4.69) is 74.6 Å². The monoisotopic (exact) mass is 584 g/mol. The second kappa shape index (κ2) is 33.1. The lowest BCUT2D eigenvalue weighted by atomic mass is 10.1. The highest BCUT2D eigenvalue weighted by atomic mass is 16.5. The number of carbonyl (C=O) groups is 2. The number of rotatable bonds is 30. The largest absolute Gasteiger partial charge is 0.481 e. The fraction of sp³-hybridized carbons (Fsp3) is 0.684. The number of ether oxygens (including phenoxy) is 1. The van der Waals surface area contributed by atoms with Gasteiger partial charge in [-0.3, -0.25) is 9.59 Å². The minimum atomic E-state index is -0.710. The molecule has 0 aromatic rings. The van der Waals surface area contributed by atoms with Crippen LogP contribution in [0.25, 0.3) is 0 Å². The van der Waals surface area contributed by atoms with Gasteiger partial charge in [0, 0.05) is 12.8 Å². The highest BCUT2D eigenvalue weighted by molar-refractivity contribution is 5.69. The molecule has 0 saturated carbocycles. The van der Waals surface area contributed by atoms with E-state index in [0.717, 1.165) is 89.9 Å². The van der Waals surface area contributed by atoms with Gasteiger partial charge in [-0.05, 0) is 83.1 Å². The van der Waals surface area contributed by atoms with Gasteiger partial charge < -0.3 is 9.84 Å². The molecule has 0 aliphatic carbocycles. The van der Waals surface area contributed by atoms with E-state index < -0.39 is 5.97 Å². The standard InChI is InChI=1S/C38H64O4/c1-3-5-7-9-11-13-14-15-16-17-18-19-21-27-31-35-38(41)42-36(32-28-24-20-12-10-8-6-4-2)33-29-25-22-23-26-30-34-37(39)40/h6,8,11-13,15-16,20,28,32,36H,3-5,7,9-10,14,17-19,21-27,29-31,33-35H2,1-2H3,(H,39,40)/b8-6-,13-11-,16-15-,20-12-,32-28-. The molecule has 4 nitrogen and oxygen atoms in total. The quantitative estimate of drug-likeness (QED) is 0.0518. The Morgan fingerprint density at radius 3 is 1.69 bits per heavy atom. The number of aliphatic carboxylic acids is 1. The van der Waals surface area contributed by atoms with Crippen LogP contribution in [0.5, 0.6) is 0 Å². The summed E-state index contributed by atoms with van der Waals surface area (Å²) in [6.07, 6.45) is 45.3. The third-order valence-corrected chi connectivity index (χ3v) is 7.21. The topological polar surface area (TPSA) is 63.6 Å². The molecule has 0 aromatic heterocycles. The van der Waals surface area contributed by atoms with E-state index in [1.54, 1.807) is 0 Å². The van der Waals surface area contributed by atoms with Crippen molar-refractivity contribution in [2.45, 2.75) is 168 Å². The maximum Gasteiger partial charge on any atom is 0.306 e. The zero-order valence-corrected chi connectivity index (χ0v) is 27.3.